The Balaban J connectivity index is 1.01. The van der Waals surface area contributed by atoms with Crippen LogP contribution in [0.1, 0.15) is 38.6 Å². The molecule has 1 saturated carbocycles. The van der Waals surface area contributed by atoms with Crippen LogP contribution in [0.2, 0.25) is 5.02 Å². The first-order valence-corrected chi connectivity index (χ1v) is 16.2. The zero-order chi connectivity index (χ0) is 33.5. The fourth-order valence-corrected chi connectivity index (χ4v) is 6.94. The maximum absolute atomic E-state index is 13.1. The van der Waals surface area contributed by atoms with Crippen LogP contribution in [0.3, 0.4) is 0 Å². The summed E-state index contributed by atoms with van der Waals surface area (Å²) in [5.74, 6) is 0.502. The standard InChI is InChI=1S/C30H35BClF3N10O3/c1-19(13-44-18-38-41-42-44)48-25-8-20(2-3-23(25)32)21-11-36-27(37-12-21)39-24-14-45(40-26(24)47-17-30(33,34)35)22-9-28(10-22)15-43(16-28)29(31)4-6-46-7-5-29/h2-3,8,11-12,14,18-19,22H,4-7,9-10,13,15-17,31H2,1H3,(H,36,37,39)/t19-/m0/s1. The largest absolute Gasteiger partial charge is 0.487 e. The number of halogens is 4. The highest BCUT2D eigenvalue weighted by atomic mass is 35.5. The second-order valence-electron chi connectivity index (χ2n) is 13.3. The van der Waals surface area contributed by atoms with Gasteiger partial charge in [0.1, 0.15) is 31.7 Å². The van der Waals surface area contributed by atoms with Gasteiger partial charge in [0.25, 0.3) is 5.88 Å². The van der Waals surface area contributed by atoms with Gasteiger partial charge in [-0.15, -0.1) is 10.2 Å². The Morgan fingerprint density at radius 2 is 1.90 bits per heavy atom. The first-order chi connectivity index (χ1) is 23.0. The minimum Gasteiger partial charge on any atom is -0.487 e. The predicted molar refractivity (Wildman–Crippen MR) is 171 cm³/mol. The van der Waals surface area contributed by atoms with Crippen molar-refractivity contribution in [2.45, 2.75) is 62.9 Å². The molecule has 0 bridgehead atoms. The SMILES string of the molecule is BC1(N2CC3(CC(n4cc(Nc5ncc(-c6ccc(Cl)c(O[C@@H](C)Cn7cnnn7)c6)cn5)c(OCC(F)(F)F)n4)C3)C2)CCOCC1. The topological polar surface area (TPSA) is 130 Å². The average Bonchev–Trinajstić information content (AvgIpc) is 3.66. The Labute approximate surface area is 280 Å². The summed E-state index contributed by atoms with van der Waals surface area (Å²) < 4.78 is 59.2. The van der Waals surface area contributed by atoms with Crippen molar-refractivity contribution in [2.24, 2.45) is 5.41 Å². The predicted octanol–water partition coefficient (Wildman–Crippen LogP) is 3.91. The van der Waals surface area contributed by atoms with Gasteiger partial charge in [0.15, 0.2) is 6.61 Å². The highest BCUT2D eigenvalue weighted by molar-refractivity contribution is 6.32. The van der Waals surface area contributed by atoms with Gasteiger partial charge in [0, 0.05) is 44.3 Å². The van der Waals surface area contributed by atoms with Crippen LogP contribution < -0.4 is 14.8 Å². The summed E-state index contributed by atoms with van der Waals surface area (Å²) in [5.41, 5.74) is 2.10. The normalized spacial score (nSPS) is 19.8. The molecule has 18 heteroatoms. The van der Waals surface area contributed by atoms with Crippen molar-refractivity contribution in [1.82, 2.24) is 44.9 Å². The van der Waals surface area contributed by atoms with E-state index in [0.29, 0.717) is 22.9 Å². The average molecular weight is 687 g/mol. The van der Waals surface area contributed by atoms with Crippen molar-refractivity contribution in [3.63, 3.8) is 0 Å². The van der Waals surface area contributed by atoms with Gasteiger partial charge in [-0.1, -0.05) is 17.7 Å². The Kier molecular flexibility index (Phi) is 8.70. The lowest BCUT2D eigenvalue weighted by molar-refractivity contribution is -0.154. The number of rotatable bonds is 11. The quantitative estimate of drug-likeness (QED) is 0.231. The molecular formula is C30H35BClF3N10O3. The Morgan fingerprint density at radius 1 is 1.15 bits per heavy atom. The highest BCUT2D eigenvalue weighted by Gasteiger charge is 2.56. The van der Waals surface area contributed by atoms with Crippen LogP contribution in [0.4, 0.5) is 24.8 Å². The second-order valence-corrected chi connectivity index (χ2v) is 13.7. The van der Waals surface area contributed by atoms with E-state index in [2.05, 4.69) is 48.7 Å². The third-order valence-corrected chi connectivity index (χ3v) is 9.81. The van der Waals surface area contributed by atoms with Gasteiger partial charge >= 0.3 is 6.18 Å². The Hall–Kier alpha value is -3.96. The van der Waals surface area contributed by atoms with E-state index < -0.39 is 12.8 Å². The number of nitrogens with zero attached hydrogens (tertiary/aromatic N) is 9. The lowest BCUT2D eigenvalue weighted by Crippen LogP contribution is -2.70. The van der Waals surface area contributed by atoms with Crippen LogP contribution >= 0.6 is 11.6 Å². The van der Waals surface area contributed by atoms with Crippen molar-refractivity contribution in [1.29, 1.82) is 0 Å². The van der Waals surface area contributed by atoms with Gasteiger partial charge in [-0.3, -0.25) is 4.68 Å². The van der Waals surface area contributed by atoms with E-state index in [4.69, 9.17) is 25.8 Å². The maximum atomic E-state index is 13.1. The van der Waals surface area contributed by atoms with Crippen molar-refractivity contribution in [3.8, 4) is 22.8 Å². The zero-order valence-electron chi connectivity index (χ0n) is 26.5. The first-order valence-electron chi connectivity index (χ1n) is 15.8. The monoisotopic (exact) mass is 686 g/mol. The summed E-state index contributed by atoms with van der Waals surface area (Å²) in [7, 11) is 2.31. The second kappa shape index (κ2) is 12.8. The number of hydrogen-bond donors (Lipinski definition) is 1. The Bertz CT molecular complexity index is 1710. The smallest absolute Gasteiger partial charge is 0.422 e. The number of alkyl halides is 3. The van der Waals surface area contributed by atoms with Gasteiger partial charge in [-0.2, -0.15) is 13.2 Å². The van der Waals surface area contributed by atoms with Crippen LogP contribution in [-0.2, 0) is 11.3 Å². The maximum Gasteiger partial charge on any atom is 0.422 e. The fraction of sp³-hybridized carbons (Fsp3) is 0.533. The molecule has 1 N–H and O–H groups in total. The molecule has 7 rings (SSSR count). The summed E-state index contributed by atoms with van der Waals surface area (Å²) >= 11 is 6.39. The van der Waals surface area contributed by atoms with Crippen LogP contribution in [0.15, 0.2) is 43.1 Å². The molecular weight excluding hydrogens is 652 g/mol. The molecule has 0 amide bonds. The molecule has 0 radical (unpaired) electrons. The summed E-state index contributed by atoms with van der Waals surface area (Å²) in [6.07, 6.45) is 5.47. The molecule has 1 atom stereocenters. The first kappa shape index (κ1) is 32.6. The molecule has 2 saturated heterocycles. The van der Waals surface area contributed by atoms with Gasteiger partial charge < -0.3 is 24.4 Å². The van der Waals surface area contributed by atoms with Crippen molar-refractivity contribution in [3.05, 3.63) is 48.1 Å². The molecule has 4 aromatic rings. The molecule has 3 aliphatic rings. The molecule has 1 aliphatic carbocycles. The number of ether oxygens (including phenoxy) is 3. The number of benzene rings is 1. The number of aromatic nitrogens is 8. The lowest BCUT2D eigenvalue weighted by Gasteiger charge is -2.64. The minimum atomic E-state index is -4.51. The minimum absolute atomic E-state index is 0.0682. The Morgan fingerprint density at radius 3 is 2.58 bits per heavy atom. The van der Waals surface area contributed by atoms with Crippen molar-refractivity contribution in [2.75, 3.05) is 38.2 Å². The van der Waals surface area contributed by atoms with E-state index in [0.717, 1.165) is 57.6 Å². The number of anilines is 2. The number of tetrazole rings is 1. The molecule has 3 fully saturated rings. The molecule has 5 heterocycles. The van der Waals surface area contributed by atoms with E-state index in [1.54, 1.807) is 40.1 Å². The molecule has 48 heavy (non-hydrogen) atoms. The molecule has 254 valence electrons. The van der Waals surface area contributed by atoms with E-state index >= 15 is 0 Å². The molecule has 1 spiro atoms. The summed E-state index contributed by atoms with van der Waals surface area (Å²) in [6.45, 7) is 4.47. The van der Waals surface area contributed by atoms with Gasteiger partial charge in [0.2, 0.25) is 5.95 Å². The van der Waals surface area contributed by atoms with Crippen molar-refractivity contribution < 1.29 is 27.4 Å². The van der Waals surface area contributed by atoms with E-state index in [9.17, 15) is 13.2 Å². The third kappa shape index (κ3) is 7.08. The third-order valence-electron chi connectivity index (χ3n) is 9.49. The lowest BCUT2D eigenvalue weighted by atomic mass is 9.57. The van der Waals surface area contributed by atoms with Crippen molar-refractivity contribution >= 4 is 31.1 Å². The summed E-state index contributed by atoms with van der Waals surface area (Å²) in [4.78, 5) is 11.4. The summed E-state index contributed by atoms with van der Waals surface area (Å²) in [6, 6.07) is 5.39. The molecule has 2 aliphatic heterocycles. The molecule has 1 aromatic carbocycles. The highest BCUT2D eigenvalue weighted by Crippen LogP contribution is 2.56. The number of nitrogens with one attached hydrogen (secondary N) is 1. The zero-order valence-corrected chi connectivity index (χ0v) is 27.3. The number of likely N-dealkylation sites (tertiary alicyclic amines) is 1. The van der Waals surface area contributed by atoms with Gasteiger partial charge in [0.05, 0.1) is 23.8 Å². The summed E-state index contributed by atoms with van der Waals surface area (Å²) in [5, 5.41) is 19.0. The van der Waals surface area contributed by atoms with Gasteiger partial charge in [-0.25, -0.2) is 14.6 Å². The van der Waals surface area contributed by atoms with Crippen LogP contribution in [0.5, 0.6) is 11.6 Å². The van der Waals surface area contributed by atoms with E-state index in [-0.39, 0.29) is 40.5 Å². The fourth-order valence-electron chi connectivity index (χ4n) is 6.78. The number of hydrogen-bond acceptors (Lipinski definition) is 11. The van der Waals surface area contributed by atoms with Gasteiger partial charge in [-0.05, 0) is 71.6 Å². The molecule has 0 unspecified atom stereocenters. The molecule has 13 nitrogen and oxygen atoms in total. The van der Waals surface area contributed by atoms with Crippen LogP contribution in [0, 0.1) is 5.41 Å². The molecule has 3 aromatic heterocycles. The van der Waals surface area contributed by atoms with E-state index in [1.807, 2.05) is 13.0 Å². The van der Waals surface area contributed by atoms with Crippen LogP contribution in [0.25, 0.3) is 11.1 Å². The van der Waals surface area contributed by atoms with E-state index in [1.165, 1.54) is 6.33 Å². The van der Waals surface area contributed by atoms with Crippen LogP contribution in [-0.4, -0.2) is 103 Å².